The van der Waals surface area contributed by atoms with Gasteiger partial charge >= 0.3 is 17.1 Å². The van der Waals surface area contributed by atoms with Crippen molar-refractivity contribution >= 4 is 40.2 Å². The van der Waals surface area contributed by atoms with Gasteiger partial charge in [0.05, 0.1) is 17.5 Å². The summed E-state index contributed by atoms with van der Waals surface area (Å²) in [5.41, 5.74) is 7.54. The van der Waals surface area contributed by atoms with E-state index in [2.05, 4.69) is 10.3 Å². The van der Waals surface area contributed by atoms with Crippen molar-refractivity contribution in [3.63, 3.8) is 0 Å². The molecule has 0 radical (unpaired) electrons. The quantitative estimate of drug-likeness (QED) is 0.417. The molecule has 0 saturated carbocycles. The van der Waals surface area contributed by atoms with Gasteiger partial charge in [-0.25, -0.2) is 0 Å². The van der Waals surface area contributed by atoms with E-state index in [0.717, 1.165) is 11.1 Å². The van der Waals surface area contributed by atoms with Crippen LogP contribution in [0.2, 0.25) is 5.02 Å². The van der Waals surface area contributed by atoms with E-state index in [-0.39, 0.29) is 25.3 Å². The summed E-state index contributed by atoms with van der Waals surface area (Å²) in [6.45, 7) is 0.244. The second-order valence-electron chi connectivity index (χ2n) is 7.80. The third kappa shape index (κ3) is 4.17. The molecule has 2 heterocycles. The molecule has 1 aliphatic rings. The molecule has 0 fully saturated rings. The highest BCUT2D eigenvalue weighted by molar-refractivity contribution is 6.31. The van der Waals surface area contributed by atoms with Crippen LogP contribution in [0, 0.1) is 0 Å². The molecule has 9 nitrogen and oxygen atoms in total. The van der Waals surface area contributed by atoms with Crippen LogP contribution in [0.15, 0.2) is 39.9 Å². The number of carbonyl (C=O) groups excluding carboxylic acids is 1. The monoisotopic (exact) mass is 456 g/mol. The van der Waals surface area contributed by atoms with E-state index in [0.29, 0.717) is 40.1 Å². The van der Waals surface area contributed by atoms with E-state index in [1.54, 1.807) is 30.3 Å². The number of nitrogens with zero attached hydrogens (tertiary/aromatic N) is 1. The van der Waals surface area contributed by atoms with Gasteiger partial charge in [0.1, 0.15) is 0 Å². The maximum atomic E-state index is 12.8. The van der Waals surface area contributed by atoms with Crippen molar-refractivity contribution in [2.24, 2.45) is 5.73 Å². The van der Waals surface area contributed by atoms with Gasteiger partial charge in [-0.1, -0.05) is 23.7 Å². The van der Waals surface area contributed by atoms with Gasteiger partial charge < -0.3 is 21.1 Å². The van der Waals surface area contributed by atoms with Crippen molar-refractivity contribution in [3.8, 4) is 0 Å². The van der Waals surface area contributed by atoms with Crippen molar-refractivity contribution < 1.29 is 14.7 Å². The van der Waals surface area contributed by atoms with E-state index in [1.807, 2.05) is 0 Å². The molecule has 3 aromatic rings. The molecule has 1 aliphatic heterocycles. The highest BCUT2D eigenvalue weighted by Gasteiger charge is 2.27. The van der Waals surface area contributed by atoms with E-state index in [1.165, 1.54) is 4.57 Å². The van der Waals surface area contributed by atoms with Gasteiger partial charge in [0.15, 0.2) is 0 Å². The summed E-state index contributed by atoms with van der Waals surface area (Å²) in [7, 11) is 0. The van der Waals surface area contributed by atoms with Gasteiger partial charge in [0, 0.05) is 29.7 Å². The summed E-state index contributed by atoms with van der Waals surface area (Å²) in [4.78, 5) is 51.5. The molecule has 0 bridgehead atoms. The predicted molar refractivity (Wildman–Crippen MR) is 120 cm³/mol. The molecule has 0 saturated heterocycles. The van der Waals surface area contributed by atoms with Crippen molar-refractivity contribution in [1.82, 2.24) is 9.55 Å². The van der Waals surface area contributed by atoms with Crippen molar-refractivity contribution in [3.05, 3.63) is 72.8 Å². The Hall–Kier alpha value is -3.43. The molecule has 1 aromatic heterocycles. The van der Waals surface area contributed by atoms with Crippen LogP contribution < -0.4 is 22.2 Å². The number of hydrogen-bond donors (Lipinski definition) is 4. The number of rotatable bonds is 6. The highest BCUT2D eigenvalue weighted by atomic mass is 35.5. The maximum Gasteiger partial charge on any atom is 0.317 e. The zero-order valence-corrected chi connectivity index (χ0v) is 17.7. The number of aromatic amines is 1. The van der Waals surface area contributed by atoms with Crippen LogP contribution in [0.25, 0.3) is 11.0 Å². The number of amides is 1. The number of aromatic nitrogens is 2. The van der Waals surface area contributed by atoms with Gasteiger partial charge in [-0.15, -0.1) is 0 Å². The first-order valence-corrected chi connectivity index (χ1v) is 10.4. The topological polar surface area (TPSA) is 147 Å². The van der Waals surface area contributed by atoms with Crippen LogP contribution >= 0.6 is 11.6 Å². The zero-order chi connectivity index (χ0) is 23.0. The molecule has 1 amide bonds. The Morgan fingerprint density at radius 3 is 2.75 bits per heavy atom. The van der Waals surface area contributed by atoms with E-state index >= 15 is 0 Å². The SMILES string of the molecule is NCc1ccc(NC(=O)C[C@@H]2CCc3cc(Cl)cc4[nH]c(=O)c(=O)n2c34)c(CC(=O)O)c1. The lowest BCUT2D eigenvalue weighted by atomic mass is 9.96. The van der Waals surface area contributed by atoms with Crippen molar-refractivity contribution in [2.75, 3.05) is 5.32 Å². The van der Waals surface area contributed by atoms with Crippen LogP contribution in [0.4, 0.5) is 5.69 Å². The van der Waals surface area contributed by atoms with E-state index in [9.17, 15) is 24.3 Å². The second kappa shape index (κ2) is 8.60. The zero-order valence-electron chi connectivity index (χ0n) is 17.0. The minimum absolute atomic E-state index is 0.0499. The minimum atomic E-state index is -1.03. The second-order valence-corrected chi connectivity index (χ2v) is 8.24. The summed E-state index contributed by atoms with van der Waals surface area (Å²) in [6, 6.07) is 7.80. The third-order valence-electron chi connectivity index (χ3n) is 5.61. The van der Waals surface area contributed by atoms with Crippen LogP contribution in [-0.2, 0) is 29.0 Å². The van der Waals surface area contributed by atoms with Crippen LogP contribution in [0.1, 0.15) is 35.6 Å². The van der Waals surface area contributed by atoms with Gasteiger partial charge in [-0.05, 0) is 47.7 Å². The molecule has 0 unspecified atom stereocenters. The lowest BCUT2D eigenvalue weighted by Gasteiger charge is -2.27. The molecule has 4 rings (SSSR count). The van der Waals surface area contributed by atoms with Crippen LogP contribution in [0.5, 0.6) is 0 Å². The van der Waals surface area contributed by atoms with Crippen molar-refractivity contribution in [1.29, 1.82) is 0 Å². The maximum absolute atomic E-state index is 12.8. The first kappa shape index (κ1) is 21.8. The molecule has 5 N–H and O–H groups in total. The minimum Gasteiger partial charge on any atom is -0.481 e. The van der Waals surface area contributed by atoms with Gasteiger partial charge in [-0.3, -0.25) is 23.7 Å². The first-order valence-electron chi connectivity index (χ1n) is 10.1. The summed E-state index contributed by atoms with van der Waals surface area (Å²) >= 11 is 6.13. The number of nitrogens with one attached hydrogen (secondary N) is 2. The number of aryl methyl sites for hydroxylation is 1. The Kier molecular flexibility index (Phi) is 5.86. The van der Waals surface area contributed by atoms with Crippen LogP contribution in [-0.4, -0.2) is 26.5 Å². The van der Waals surface area contributed by atoms with Gasteiger partial charge in [-0.2, -0.15) is 0 Å². The average molecular weight is 457 g/mol. The number of carboxylic acids is 1. The number of hydrogen-bond acceptors (Lipinski definition) is 5. The van der Waals surface area contributed by atoms with Gasteiger partial charge in [0.2, 0.25) is 5.91 Å². The Morgan fingerprint density at radius 2 is 2.03 bits per heavy atom. The van der Waals surface area contributed by atoms with Gasteiger partial charge in [0.25, 0.3) is 0 Å². The molecular weight excluding hydrogens is 436 g/mol. The lowest BCUT2D eigenvalue weighted by molar-refractivity contribution is -0.136. The first-order chi connectivity index (χ1) is 15.3. The predicted octanol–water partition coefficient (Wildman–Crippen LogP) is 1.95. The Balaban J connectivity index is 1.65. The summed E-state index contributed by atoms with van der Waals surface area (Å²) in [6.07, 6.45) is 0.754. The number of aliphatic carboxylic acids is 1. The molecule has 0 spiro atoms. The molecule has 1 atom stereocenters. The normalized spacial score (nSPS) is 15.0. The third-order valence-corrected chi connectivity index (χ3v) is 5.83. The number of nitrogens with two attached hydrogens (primary N) is 1. The van der Waals surface area contributed by atoms with E-state index < -0.39 is 23.1 Å². The van der Waals surface area contributed by atoms with Crippen LogP contribution in [0.3, 0.4) is 0 Å². The van der Waals surface area contributed by atoms with Crippen molar-refractivity contribution in [2.45, 2.75) is 38.3 Å². The fourth-order valence-electron chi connectivity index (χ4n) is 4.23. The lowest BCUT2D eigenvalue weighted by Crippen LogP contribution is -2.41. The summed E-state index contributed by atoms with van der Waals surface area (Å²) in [5, 5.41) is 12.4. The average Bonchev–Trinajstić information content (AvgIpc) is 2.73. The summed E-state index contributed by atoms with van der Waals surface area (Å²) < 4.78 is 1.37. The molecule has 166 valence electrons. The number of benzene rings is 2. The molecule has 2 aromatic carbocycles. The largest absolute Gasteiger partial charge is 0.481 e. The molecule has 10 heteroatoms. The number of anilines is 1. The number of carboxylic acid groups (broad SMARTS) is 1. The molecular formula is C22H21ClN4O5. The molecule has 0 aliphatic carbocycles. The number of H-pyrrole nitrogens is 1. The molecule has 32 heavy (non-hydrogen) atoms. The number of halogens is 1. The Morgan fingerprint density at radius 1 is 1.25 bits per heavy atom. The number of carbonyl (C=O) groups is 2. The fourth-order valence-corrected chi connectivity index (χ4v) is 4.47. The standard InChI is InChI=1S/C22H21ClN4O5/c23-14-6-12-2-3-15(27-20(12)17(8-14)26-21(31)22(27)32)9-18(28)25-16-4-1-11(10-24)5-13(16)7-19(29)30/h1,4-6,8,15H,2-3,7,9-10,24H2,(H,25,28)(H,26,31)(H,29,30)/t15-/m0/s1. The Labute approximate surface area is 186 Å². The van der Waals surface area contributed by atoms with E-state index in [4.69, 9.17) is 17.3 Å². The smallest absolute Gasteiger partial charge is 0.317 e. The summed E-state index contributed by atoms with van der Waals surface area (Å²) in [5.74, 6) is -1.42. The Bertz CT molecular complexity index is 1360. The highest BCUT2D eigenvalue weighted by Crippen LogP contribution is 2.32. The fraction of sp³-hybridized carbons (Fsp3) is 0.273.